The molecule has 0 unspecified atom stereocenters. The zero-order chi connectivity index (χ0) is 10.6. The molecule has 0 aliphatic rings. The predicted octanol–water partition coefficient (Wildman–Crippen LogP) is 1.01. The van der Waals surface area contributed by atoms with E-state index in [4.69, 9.17) is 11.7 Å². The van der Waals surface area contributed by atoms with E-state index in [2.05, 4.69) is 27.5 Å². The third-order valence-corrected chi connectivity index (χ3v) is 1.92. The molecule has 0 aliphatic carbocycles. The van der Waals surface area contributed by atoms with E-state index in [1.165, 1.54) is 0 Å². The Morgan fingerprint density at radius 1 is 1.43 bits per heavy atom. The molecule has 1 aromatic heterocycles. The van der Waals surface area contributed by atoms with Crippen molar-refractivity contribution < 1.29 is 0 Å². The number of rotatable bonds is 2. The van der Waals surface area contributed by atoms with Crippen molar-refractivity contribution in [2.45, 2.75) is 13.8 Å². The van der Waals surface area contributed by atoms with Crippen LogP contribution in [-0.4, -0.2) is 16.7 Å². The number of nitrogens with zero attached hydrogens (tertiary/aromatic N) is 3. The van der Waals surface area contributed by atoms with Crippen LogP contribution in [0.4, 0.5) is 5.82 Å². The van der Waals surface area contributed by atoms with Crippen LogP contribution >= 0.6 is 0 Å². The zero-order valence-electron chi connectivity index (χ0n) is 8.13. The van der Waals surface area contributed by atoms with Crippen molar-refractivity contribution in [3.63, 3.8) is 0 Å². The summed E-state index contributed by atoms with van der Waals surface area (Å²) in [5.41, 5.74) is 2.10. The van der Waals surface area contributed by atoms with Gasteiger partial charge in [0, 0.05) is 0 Å². The maximum Gasteiger partial charge on any atom is 0.167 e. The van der Waals surface area contributed by atoms with Gasteiger partial charge in [-0.3, -0.25) is 0 Å². The summed E-state index contributed by atoms with van der Waals surface area (Å²) in [6.45, 7) is 3.99. The van der Waals surface area contributed by atoms with Crippen LogP contribution in [0.3, 0.4) is 0 Å². The Balaban J connectivity index is 3.14. The normalized spacial score (nSPS) is 8.86. The van der Waals surface area contributed by atoms with Gasteiger partial charge in [0.1, 0.15) is 11.6 Å². The molecule has 0 fully saturated rings. The van der Waals surface area contributed by atoms with Crippen molar-refractivity contribution in [2.75, 3.05) is 11.9 Å². The molecule has 0 spiro atoms. The number of anilines is 1. The van der Waals surface area contributed by atoms with Crippen LogP contribution in [-0.2, 0) is 0 Å². The van der Waals surface area contributed by atoms with E-state index >= 15 is 0 Å². The molecule has 1 rings (SSSR count). The van der Waals surface area contributed by atoms with Crippen LogP contribution in [0.1, 0.15) is 16.8 Å². The highest BCUT2D eigenvalue weighted by molar-refractivity contribution is 5.56. The number of hydrogen-bond acceptors (Lipinski definition) is 4. The smallest absolute Gasteiger partial charge is 0.167 e. The molecule has 0 atom stereocenters. The summed E-state index contributed by atoms with van der Waals surface area (Å²) in [6.07, 6.45) is 5.09. The van der Waals surface area contributed by atoms with E-state index in [1.807, 2.05) is 13.8 Å². The van der Waals surface area contributed by atoms with Gasteiger partial charge in [0.15, 0.2) is 5.82 Å². The number of hydrogen-bond donors (Lipinski definition) is 1. The number of terminal acetylenes is 1. The average Bonchev–Trinajstić information content (AvgIpc) is 2.20. The van der Waals surface area contributed by atoms with Crippen molar-refractivity contribution in [1.29, 1.82) is 5.26 Å². The highest BCUT2D eigenvalue weighted by Crippen LogP contribution is 2.16. The molecule has 14 heavy (non-hydrogen) atoms. The highest BCUT2D eigenvalue weighted by atomic mass is 15.2. The summed E-state index contributed by atoms with van der Waals surface area (Å²) >= 11 is 0. The second-order valence-electron chi connectivity index (χ2n) is 2.80. The lowest BCUT2D eigenvalue weighted by molar-refractivity contribution is 0.953. The van der Waals surface area contributed by atoms with Gasteiger partial charge in [-0.25, -0.2) is 0 Å². The first kappa shape index (κ1) is 10.0. The Kier molecular flexibility index (Phi) is 3.04. The van der Waals surface area contributed by atoms with Crippen LogP contribution in [0.2, 0.25) is 0 Å². The van der Waals surface area contributed by atoms with Crippen molar-refractivity contribution in [3.05, 3.63) is 16.8 Å². The van der Waals surface area contributed by atoms with Gasteiger partial charge in [0.25, 0.3) is 0 Å². The van der Waals surface area contributed by atoms with E-state index in [0.29, 0.717) is 17.9 Å². The maximum atomic E-state index is 8.91. The van der Waals surface area contributed by atoms with Gasteiger partial charge in [-0.15, -0.1) is 11.5 Å². The van der Waals surface area contributed by atoms with Gasteiger partial charge in [-0.05, 0) is 19.4 Å². The predicted molar refractivity (Wildman–Crippen MR) is 53.5 cm³/mol. The van der Waals surface area contributed by atoms with E-state index in [0.717, 1.165) is 11.3 Å². The van der Waals surface area contributed by atoms with Gasteiger partial charge in [0.2, 0.25) is 0 Å². The van der Waals surface area contributed by atoms with Gasteiger partial charge in [-0.1, -0.05) is 5.92 Å². The zero-order valence-corrected chi connectivity index (χ0v) is 8.13. The van der Waals surface area contributed by atoms with E-state index in [1.54, 1.807) is 0 Å². The molecule has 1 aromatic rings. The molecule has 0 amide bonds. The summed E-state index contributed by atoms with van der Waals surface area (Å²) in [5.74, 6) is 2.87. The molecule has 0 aromatic carbocycles. The average molecular weight is 186 g/mol. The topological polar surface area (TPSA) is 61.6 Å². The summed E-state index contributed by atoms with van der Waals surface area (Å²) in [7, 11) is 0. The lowest BCUT2D eigenvalue weighted by atomic mass is 10.1. The molecule has 0 bridgehead atoms. The Bertz CT molecular complexity index is 423. The quantitative estimate of drug-likeness (QED) is 0.700. The Morgan fingerprint density at radius 2 is 2.14 bits per heavy atom. The fourth-order valence-electron chi connectivity index (χ4n) is 1.00. The molecule has 0 saturated carbocycles. The lowest BCUT2D eigenvalue weighted by Crippen LogP contribution is -2.07. The Labute approximate surface area is 83.0 Å². The largest absolute Gasteiger partial charge is 0.357 e. The second kappa shape index (κ2) is 4.25. The van der Waals surface area contributed by atoms with Crippen LogP contribution < -0.4 is 5.32 Å². The van der Waals surface area contributed by atoms with Gasteiger partial charge in [-0.2, -0.15) is 10.4 Å². The molecular weight excluding hydrogens is 176 g/mol. The van der Waals surface area contributed by atoms with Gasteiger partial charge < -0.3 is 5.32 Å². The molecule has 1 heterocycles. The van der Waals surface area contributed by atoms with Crippen molar-refractivity contribution in [2.24, 2.45) is 0 Å². The monoisotopic (exact) mass is 186 g/mol. The minimum Gasteiger partial charge on any atom is -0.357 e. The van der Waals surface area contributed by atoms with Crippen LogP contribution in [0, 0.1) is 37.5 Å². The van der Waals surface area contributed by atoms with E-state index in [-0.39, 0.29) is 0 Å². The first-order valence-corrected chi connectivity index (χ1v) is 4.12. The van der Waals surface area contributed by atoms with Crippen molar-refractivity contribution >= 4 is 5.82 Å². The standard InChI is InChI=1S/C10H10N4/c1-4-5-12-10-9(6-11)7(2)8(3)13-14-10/h1H,5H2,2-3H3,(H,12,14). The minimum atomic E-state index is 0.339. The van der Waals surface area contributed by atoms with Crippen LogP contribution in [0.15, 0.2) is 0 Å². The third kappa shape index (κ3) is 1.81. The summed E-state index contributed by atoms with van der Waals surface area (Å²) in [5, 5.41) is 19.5. The van der Waals surface area contributed by atoms with Gasteiger partial charge in [0.05, 0.1) is 12.2 Å². The number of aromatic nitrogens is 2. The molecule has 0 saturated heterocycles. The van der Waals surface area contributed by atoms with E-state index in [9.17, 15) is 0 Å². The maximum absolute atomic E-state index is 8.91. The fourth-order valence-corrected chi connectivity index (χ4v) is 1.00. The number of nitriles is 1. The van der Waals surface area contributed by atoms with Crippen LogP contribution in [0.5, 0.6) is 0 Å². The minimum absolute atomic E-state index is 0.339. The van der Waals surface area contributed by atoms with Crippen molar-refractivity contribution in [3.8, 4) is 18.4 Å². The Hall–Kier alpha value is -2.07. The first-order valence-electron chi connectivity index (χ1n) is 4.12. The molecular formula is C10H10N4. The fraction of sp³-hybridized carbons (Fsp3) is 0.300. The third-order valence-electron chi connectivity index (χ3n) is 1.92. The number of aryl methyl sites for hydroxylation is 1. The van der Waals surface area contributed by atoms with E-state index < -0.39 is 0 Å². The Morgan fingerprint density at radius 3 is 2.71 bits per heavy atom. The molecule has 4 heteroatoms. The molecule has 4 nitrogen and oxygen atoms in total. The lowest BCUT2D eigenvalue weighted by Gasteiger charge is -2.06. The summed E-state index contributed by atoms with van der Waals surface area (Å²) < 4.78 is 0. The number of nitrogens with one attached hydrogen (secondary N) is 1. The molecule has 1 N–H and O–H groups in total. The molecule has 0 radical (unpaired) electrons. The summed E-state index contributed by atoms with van der Waals surface area (Å²) in [4.78, 5) is 0. The van der Waals surface area contributed by atoms with Crippen molar-refractivity contribution in [1.82, 2.24) is 10.2 Å². The molecule has 0 aliphatic heterocycles. The first-order chi connectivity index (χ1) is 6.70. The second-order valence-corrected chi connectivity index (χ2v) is 2.80. The molecule has 70 valence electrons. The van der Waals surface area contributed by atoms with Crippen LogP contribution in [0.25, 0.3) is 0 Å². The summed E-state index contributed by atoms with van der Waals surface area (Å²) in [6, 6.07) is 2.08. The van der Waals surface area contributed by atoms with Gasteiger partial charge >= 0.3 is 0 Å². The highest BCUT2D eigenvalue weighted by Gasteiger charge is 2.09. The SMILES string of the molecule is C#CCNc1nnc(C)c(C)c1C#N.